The third-order valence-corrected chi connectivity index (χ3v) is 8.84. The fourth-order valence-electron chi connectivity index (χ4n) is 2.48. The zero-order chi connectivity index (χ0) is 20.8. The van der Waals surface area contributed by atoms with Crippen LogP contribution in [-0.2, 0) is 14.3 Å². The minimum Gasteiger partial charge on any atom is -0.481 e. The Morgan fingerprint density at radius 3 is 2.26 bits per heavy atom. The van der Waals surface area contributed by atoms with Crippen molar-refractivity contribution in [3.8, 4) is 0 Å². The van der Waals surface area contributed by atoms with Crippen LogP contribution in [0.4, 0.5) is 4.39 Å². The first kappa shape index (κ1) is 23.0. The van der Waals surface area contributed by atoms with E-state index in [-0.39, 0.29) is 17.3 Å². The number of methoxy groups -OCH3 is 1. The lowest BCUT2D eigenvalue weighted by Crippen LogP contribution is -2.38. The summed E-state index contributed by atoms with van der Waals surface area (Å²) in [5, 5.41) is 8.99. The molecule has 1 atom stereocenters. The highest BCUT2D eigenvalue weighted by Gasteiger charge is 2.37. The van der Waals surface area contributed by atoms with E-state index in [4.69, 9.17) is 0 Å². The number of halogens is 1. The van der Waals surface area contributed by atoms with Crippen molar-refractivity contribution < 1.29 is 28.6 Å². The van der Waals surface area contributed by atoms with E-state index < -0.39 is 26.2 Å². The van der Waals surface area contributed by atoms with Crippen molar-refractivity contribution in [1.82, 2.24) is 0 Å². The van der Waals surface area contributed by atoms with E-state index in [9.17, 15) is 23.9 Å². The number of hydrogen-bond acceptors (Lipinski definition) is 4. The van der Waals surface area contributed by atoms with Gasteiger partial charge in [0.15, 0.2) is 14.2 Å². The molecule has 0 aromatic heterocycles. The molecule has 0 amide bonds. The van der Waals surface area contributed by atoms with Gasteiger partial charge in [0.1, 0.15) is 5.82 Å². The topological polar surface area (TPSA) is 83.8 Å². The Kier molecular flexibility index (Phi) is 7.92. The number of rotatable bonds is 9. The third-order valence-electron chi connectivity index (χ3n) is 5.27. The monoisotopic (exact) mass is 396 g/mol. The van der Waals surface area contributed by atoms with Crippen molar-refractivity contribution in [1.29, 1.82) is 0 Å². The summed E-state index contributed by atoms with van der Waals surface area (Å²) < 4.78 is 17.8. The molecule has 7 heteroatoms. The van der Waals surface area contributed by atoms with Crippen LogP contribution in [0.3, 0.4) is 0 Å². The molecule has 0 aliphatic heterocycles. The molecular formula is C20H29FO5Si. The summed E-state index contributed by atoms with van der Waals surface area (Å²) in [6.07, 6.45) is 2.94. The van der Waals surface area contributed by atoms with Crippen molar-refractivity contribution in [2.45, 2.75) is 51.2 Å². The average molecular weight is 397 g/mol. The molecule has 0 spiro atoms. The number of carbonyl (C=O) groups excluding carboxylic acids is 1. The summed E-state index contributed by atoms with van der Waals surface area (Å²) in [4.78, 5) is 33.5. The highest BCUT2D eigenvalue weighted by atomic mass is 28.4. The van der Waals surface area contributed by atoms with Gasteiger partial charge < -0.3 is 14.6 Å². The van der Waals surface area contributed by atoms with E-state index in [0.717, 1.165) is 18.2 Å². The standard InChI is InChI=1S/C20H29FO5Si/c1-20(2,27(4,5)25)13-12-15(14-6-9-16(21)10-7-14)8-11-17(18(22)23)19(24)26-3/h6-10,17,25H,11-13H2,1-5H3,(H,22,23)/b15-8-. The van der Waals surface area contributed by atoms with Gasteiger partial charge in [0.25, 0.3) is 0 Å². The summed E-state index contributed by atoms with van der Waals surface area (Å²) in [6.45, 7) is 7.78. The minimum absolute atomic E-state index is 0.0188. The first-order valence-corrected chi connectivity index (χ1v) is 11.8. The second-order valence-electron chi connectivity index (χ2n) is 7.83. The first-order chi connectivity index (χ1) is 12.4. The summed E-state index contributed by atoms with van der Waals surface area (Å²) in [5.74, 6) is -3.70. The van der Waals surface area contributed by atoms with E-state index >= 15 is 0 Å². The maximum Gasteiger partial charge on any atom is 0.320 e. The van der Waals surface area contributed by atoms with Crippen LogP contribution in [0.15, 0.2) is 30.3 Å². The summed E-state index contributed by atoms with van der Waals surface area (Å²) in [5.41, 5.74) is 1.58. The lowest BCUT2D eigenvalue weighted by molar-refractivity contribution is -0.156. The number of aliphatic carboxylic acids is 1. The minimum atomic E-state index is -2.40. The average Bonchev–Trinajstić information content (AvgIpc) is 2.57. The molecule has 0 aliphatic carbocycles. The number of benzene rings is 1. The molecule has 2 N–H and O–H groups in total. The maximum atomic E-state index is 13.3. The van der Waals surface area contributed by atoms with Gasteiger partial charge in [-0.3, -0.25) is 9.59 Å². The fourth-order valence-corrected chi connectivity index (χ4v) is 3.22. The number of hydrogen-bond donors (Lipinski definition) is 2. The van der Waals surface area contributed by atoms with Crippen LogP contribution in [0.25, 0.3) is 5.57 Å². The highest BCUT2D eigenvalue weighted by molar-refractivity contribution is 6.72. The zero-order valence-electron chi connectivity index (χ0n) is 16.6. The normalized spacial score (nSPS) is 14.0. The Morgan fingerprint density at radius 1 is 1.26 bits per heavy atom. The molecule has 150 valence electrons. The largest absolute Gasteiger partial charge is 0.481 e. The molecule has 0 aliphatic rings. The van der Waals surface area contributed by atoms with E-state index in [1.165, 1.54) is 12.1 Å². The lowest BCUT2D eigenvalue weighted by Gasteiger charge is -2.35. The Bertz CT molecular complexity index is 689. The fraction of sp³-hybridized carbons (Fsp3) is 0.500. The predicted octanol–water partition coefficient (Wildman–Crippen LogP) is 4.23. The SMILES string of the molecule is COC(=O)C(C/C=C(/CCC(C)(C)[Si](C)(C)O)c1ccc(F)cc1)C(=O)O. The molecule has 1 aromatic carbocycles. The smallest absolute Gasteiger partial charge is 0.320 e. The van der Waals surface area contributed by atoms with E-state index in [0.29, 0.717) is 12.8 Å². The number of carboxylic acids is 1. The van der Waals surface area contributed by atoms with Crippen LogP contribution in [0, 0.1) is 11.7 Å². The van der Waals surface area contributed by atoms with Crippen LogP contribution in [0.5, 0.6) is 0 Å². The van der Waals surface area contributed by atoms with Gasteiger partial charge in [-0.25, -0.2) is 4.39 Å². The number of ether oxygens (including phenoxy) is 1. The molecule has 0 saturated carbocycles. The van der Waals surface area contributed by atoms with Crippen LogP contribution in [-0.4, -0.2) is 37.3 Å². The molecule has 0 radical (unpaired) electrons. The van der Waals surface area contributed by atoms with E-state index in [2.05, 4.69) is 4.74 Å². The number of esters is 1. The van der Waals surface area contributed by atoms with Crippen LogP contribution in [0.1, 0.15) is 38.7 Å². The zero-order valence-corrected chi connectivity index (χ0v) is 17.6. The molecule has 0 fully saturated rings. The molecule has 1 unspecified atom stereocenters. The van der Waals surface area contributed by atoms with Gasteiger partial charge in [0.05, 0.1) is 7.11 Å². The molecule has 1 aromatic rings. The molecule has 0 saturated heterocycles. The molecule has 5 nitrogen and oxygen atoms in total. The van der Waals surface area contributed by atoms with Gasteiger partial charge in [0, 0.05) is 0 Å². The van der Waals surface area contributed by atoms with Crippen LogP contribution < -0.4 is 0 Å². The van der Waals surface area contributed by atoms with Crippen molar-refractivity contribution in [2.24, 2.45) is 5.92 Å². The van der Waals surface area contributed by atoms with E-state index in [1.807, 2.05) is 26.9 Å². The number of carbonyl (C=O) groups is 2. The molecule has 0 heterocycles. The van der Waals surface area contributed by atoms with Gasteiger partial charge >= 0.3 is 11.9 Å². The Hall–Kier alpha value is -1.99. The summed E-state index contributed by atoms with van der Waals surface area (Å²) in [6, 6.07) is 5.94. The van der Waals surface area contributed by atoms with Crippen LogP contribution >= 0.6 is 0 Å². The lowest BCUT2D eigenvalue weighted by atomic mass is 9.93. The first-order valence-electron chi connectivity index (χ1n) is 8.87. The molecule has 27 heavy (non-hydrogen) atoms. The second-order valence-corrected chi connectivity index (χ2v) is 12.3. The molecule has 1 rings (SSSR count). The van der Waals surface area contributed by atoms with Crippen molar-refractivity contribution in [2.75, 3.05) is 7.11 Å². The van der Waals surface area contributed by atoms with Gasteiger partial charge in [-0.15, -0.1) is 0 Å². The Balaban J connectivity index is 3.12. The third kappa shape index (κ3) is 6.59. The van der Waals surface area contributed by atoms with Crippen molar-refractivity contribution >= 4 is 25.8 Å². The maximum absolute atomic E-state index is 13.3. The number of carboxylic acid groups (broad SMARTS) is 1. The van der Waals surface area contributed by atoms with Gasteiger partial charge in [-0.1, -0.05) is 32.1 Å². The Labute approximate surface area is 161 Å². The van der Waals surface area contributed by atoms with Gasteiger partial charge in [-0.2, -0.15) is 0 Å². The molecule has 0 bridgehead atoms. The van der Waals surface area contributed by atoms with Crippen molar-refractivity contribution in [3.63, 3.8) is 0 Å². The number of allylic oxidation sites excluding steroid dienone is 2. The summed E-state index contributed by atoms with van der Waals surface area (Å²) in [7, 11) is -1.25. The van der Waals surface area contributed by atoms with Gasteiger partial charge in [0.2, 0.25) is 0 Å². The van der Waals surface area contributed by atoms with Crippen molar-refractivity contribution in [3.05, 3.63) is 41.7 Å². The molecular weight excluding hydrogens is 367 g/mol. The summed E-state index contributed by atoms with van der Waals surface area (Å²) >= 11 is 0. The predicted molar refractivity (Wildman–Crippen MR) is 105 cm³/mol. The Morgan fingerprint density at radius 2 is 1.81 bits per heavy atom. The van der Waals surface area contributed by atoms with Crippen LogP contribution in [0.2, 0.25) is 18.1 Å². The van der Waals surface area contributed by atoms with Gasteiger partial charge in [-0.05, 0) is 60.7 Å². The quantitative estimate of drug-likeness (QED) is 0.371. The van der Waals surface area contributed by atoms with E-state index in [1.54, 1.807) is 18.2 Å². The highest BCUT2D eigenvalue weighted by Crippen LogP contribution is 2.42. The second kappa shape index (κ2) is 9.28.